The fourth-order valence-electron chi connectivity index (χ4n) is 4.07. The van der Waals surface area contributed by atoms with Crippen molar-refractivity contribution in [2.75, 3.05) is 18.0 Å². The quantitative estimate of drug-likeness (QED) is 0.712. The van der Waals surface area contributed by atoms with Crippen LogP contribution >= 0.6 is 0 Å². The summed E-state index contributed by atoms with van der Waals surface area (Å²) in [6, 6.07) is 16.5. The molecule has 5 heteroatoms. The van der Waals surface area contributed by atoms with Crippen LogP contribution in [0.15, 0.2) is 48.5 Å². The fraction of sp³-hybridized carbons (Fsp3) is 0.391. The molecule has 2 aromatic carbocycles. The summed E-state index contributed by atoms with van der Waals surface area (Å²) in [7, 11) is 0. The molecular weight excluding hydrogens is 352 g/mol. The molecule has 0 spiro atoms. The summed E-state index contributed by atoms with van der Waals surface area (Å²) in [5.74, 6) is 1.15. The van der Waals surface area contributed by atoms with Crippen molar-refractivity contribution in [3.05, 3.63) is 59.7 Å². The van der Waals surface area contributed by atoms with Gasteiger partial charge in [0.05, 0.1) is 5.69 Å². The van der Waals surface area contributed by atoms with Crippen molar-refractivity contribution in [1.82, 2.24) is 0 Å². The molecule has 148 valence electrons. The molecule has 1 aliphatic heterocycles. The molecule has 0 aromatic heterocycles. The monoisotopic (exact) mass is 380 g/mol. The van der Waals surface area contributed by atoms with Gasteiger partial charge in [-0.2, -0.15) is 0 Å². The third-order valence-electron chi connectivity index (χ3n) is 5.65. The summed E-state index contributed by atoms with van der Waals surface area (Å²) in [6.45, 7) is 3.82. The van der Waals surface area contributed by atoms with E-state index in [-0.39, 0.29) is 5.92 Å². The third kappa shape index (κ3) is 4.71. The zero-order valence-electron chi connectivity index (χ0n) is 16.3. The van der Waals surface area contributed by atoms with Gasteiger partial charge in [-0.15, -0.1) is 0 Å². The molecule has 28 heavy (non-hydrogen) atoms. The van der Waals surface area contributed by atoms with Gasteiger partial charge in [0.2, 0.25) is 0 Å². The molecule has 1 amide bonds. The molecule has 1 aliphatic rings. The first-order valence-electron chi connectivity index (χ1n) is 9.97. The average Bonchev–Trinajstić information content (AvgIpc) is 2.72. The van der Waals surface area contributed by atoms with Crippen LogP contribution in [0, 0.1) is 0 Å². The number of benzene rings is 2. The number of carbonyl (C=O) groups excluding carboxylic acids is 2. The maximum atomic E-state index is 11.4. The Kier molecular flexibility index (Phi) is 6.69. The molecule has 0 aliphatic carbocycles. The van der Waals surface area contributed by atoms with E-state index in [9.17, 15) is 9.59 Å². The maximum absolute atomic E-state index is 11.4. The summed E-state index contributed by atoms with van der Waals surface area (Å²) in [6.07, 6.45) is 3.51. The lowest BCUT2D eigenvalue weighted by Gasteiger charge is -2.34. The van der Waals surface area contributed by atoms with Crippen LogP contribution in [-0.4, -0.2) is 25.5 Å². The van der Waals surface area contributed by atoms with Crippen LogP contribution < -0.4 is 15.4 Å². The van der Waals surface area contributed by atoms with Crippen molar-refractivity contribution in [2.24, 2.45) is 5.73 Å². The number of amides is 1. The van der Waals surface area contributed by atoms with E-state index in [4.69, 9.17) is 10.5 Å². The van der Waals surface area contributed by atoms with Gasteiger partial charge in [-0.05, 0) is 54.4 Å². The molecule has 2 N–H and O–H groups in total. The lowest BCUT2D eigenvalue weighted by atomic mass is 9.89. The van der Waals surface area contributed by atoms with E-state index in [1.807, 2.05) is 31.2 Å². The van der Waals surface area contributed by atoms with Gasteiger partial charge in [0.1, 0.15) is 6.29 Å². The Morgan fingerprint density at radius 3 is 2.54 bits per heavy atom. The molecule has 2 aromatic rings. The molecular formula is C23H28N2O3. The highest BCUT2D eigenvalue weighted by atomic mass is 16.5. The number of ether oxygens (including phenoxy) is 1. The van der Waals surface area contributed by atoms with Gasteiger partial charge >= 0.3 is 6.09 Å². The second-order valence-electron chi connectivity index (χ2n) is 7.33. The highest BCUT2D eigenvalue weighted by Gasteiger charge is 2.24. The van der Waals surface area contributed by atoms with Crippen LogP contribution in [0.5, 0.6) is 5.75 Å². The number of primary amides is 1. The predicted octanol–water partition coefficient (Wildman–Crippen LogP) is 4.61. The Bertz CT molecular complexity index is 799. The van der Waals surface area contributed by atoms with Gasteiger partial charge in [0.15, 0.2) is 5.75 Å². The average molecular weight is 380 g/mol. The molecule has 0 radical (unpaired) electrons. The van der Waals surface area contributed by atoms with Crippen LogP contribution in [0.1, 0.15) is 55.6 Å². The number of anilines is 1. The molecule has 1 unspecified atom stereocenters. The lowest BCUT2D eigenvalue weighted by Crippen LogP contribution is -2.33. The zero-order chi connectivity index (χ0) is 19.9. The first kappa shape index (κ1) is 19.9. The van der Waals surface area contributed by atoms with Crippen molar-refractivity contribution in [1.29, 1.82) is 0 Å². The van der Waals surface area contributed by atoms with Crippen LogP contribution in [0.4, 0.5) is 10.5 Å². The van der Waals surface area contributed by atoms with Crippen molar-refractivity contribution >= 4 is 18.1 Å². The topological polar surface area (TPSA) is 72.6 Å². The SMILES string of the molecule is CCC(CC=O)c1ccc(N2CCC(c3ccccc3)CC2)c(OC(N)=O)c1. The molecule has 1 heterocycles. The summed E-state index contributed by atoms with van der Waals surface area (Å²) < 4.78 is 5.33. The Labute approximate surface area is 166 Å². The van der Waals surface area contributed by atoms with Crippen molar-refractivity contribution in [3.8, 4) is 5.75 Å². The van der Waals surface area contributed by atoms with Gasteiger partial charge in [-0.25, -0.2) is 4.79 Å². The Morgan fingerprint density at radius 1 is 1.21 bits per heavy atom. The summed E-state index contributed by atoms with van der Waals surface area (Å²) >= 11 is 0. The van der Waals surface area contributed by atoms with E-state index in [0.29, 0.717) is 18.1 Å². The first-order valence-corrected chi connectivity index (χ1v) is 9.97. The van der Waals surface area contributed by atoms with Gasteiger partial charge in [-0.3, -0.25) is 0 Å². The maximum Gasteiger partial charge on any atom is 0.410 e. The Morgan fingerprint density at radius 2 is 1.93 bits per heavy atom. The normalized spacial score (nSPS) is 15.8. The van der Waals surface area contributed by atoms with Crippen molar-refractivity contribution in [2.45, 2.75) is 44.4 Å². The summed E-state index contributed by atoms with van der Waals surface area (Å²) in [4.78, 5) is 24.7. The van der Waals surface area contributed by atoms with E-state index in [1.54, 1.807) is 0 Å². The first-order chi connectivity index (χ1) is 13.6. The number of nitrogens with two attached hydrogens (primary N) is 1. The van der Waals surface area contributed by atoms with Gasteiger partial charge in [-0.1, -0.05) is 43.3 Å². The molecule has 0 bridgehead atoms. The number of hydrogen-bond donors (Lipinski definition) is 1. The van der Waals surface area contributed by atoms with E-state index < -0.39 is 6.09 Å². The van der Waals surface area contributed by atoms with Gasteiger partial charge < -0.3 is 20.2 Å². The number of piperidine rings is 1. The molecule has 3 rings (SSSR count). The summed E-state index contributed by atoms with van der Waals surface area (Å²) in [5.41, 5.74) is 8.56. The van der Waals surface area contributed by atoms with E-state index >= 15 is 0 Å². The number of rotatable bonds is 7. The third-order valence-corrected chi connectivity index (χ3v) is 5.65. The lowest BCUT2D eigenvalue weighted by molar-refractivity contribution is -0.108. The predicted molar refractivity (Wildman–Crippen MR) is 111 cm³/mol. The largest absolute Gasteiger partial charge is 0.410 e. The smallest absolute Gasteiger partial charge is 0.408 e. The van der Waals surface area contributed by atoms with E-state index in [2.05, 4.69) is 29.2 Å². The second-order valence-corrected chi connectivity index (χ2v) is 7.33. The number of nitrogens with zero attached hydrogens (tertiary/aromatic N) is 1. The second kappa shape index (κ2) is 9.40. The van der Waals surface area contributed by atoms with Crippen LogP contribution in [-0.2, 0) is 4.79 Å². The van der Waals surface area contributed by atoms with Crippen LogP contribution in [0.2, 0.25) is 0 Å². The number of carbonyl (C=O) groups is 2. The number of hydrogen-bond acceptors (Lipinski definition) is 4. The standard InChI is InChI=1S/C23H28N2O3/c1-2-17(12-15-26)20-8-9-21(22(16-20)28-23(24)27)25-13-10-19(11-14-25)18-6-4-3-5-7-18/h3-9,15-17,19H,2,10-14H2,1H3,(H2,24,27). The van der Waals surface area contributed by atoms with Crippen LogP contribution in [0.25, 0.3) is 0 Å². The van der Waals surface area contributed by atoms with Crippen LogP contribution in [0.3, 0.4) is 0 Å². The van der Waals surface area contributed by atoms with Crippen molar-refractivity contribution < 1.29 is 14.3 Å². The minimum absolute atomic E-state index is 0.116. The molecule has 1 fully saturated rings. The fourth-order valence-corrected chi connectivity index (χ4v) is 4.07. The van der Waals surface area contributed by atoms with E-state index in [0.717, 1.165) is 49.9 Å². The Hall–Kier alpha value is -2.82. The highest BCUT2D eigenvalue weighted by molar-refractivity contribution is 5.72. The van der Waals surface area contributed by atoms with Gasteiger partial charge in [0.25, 0.3) is 0 Å². The minimum atomic E-state index is -0.819. The summed E-state index contributed by atoms with van der Waals surface area (Å²) in [5, 5.41) is 0. The Balaban J connectivity index is 1.79. The minimum Gasteiger partial charge on any atom is -0.408 e. The van der Waals surface area contributed by atoms with Gasteiger partial charge in [0, 0.05) is 19.5 Å². The number of aldehydes is 1. The molecule has 5 nitrogen and oxygen atoms in total. The highest BCUT2D eigenvalue weighted by Crippen LogP contribution is 2.37. The van der Waals surface area contributed by atoms with Crippen molar-refractivity contribution in [3.63, 3.8) is 0 Å². The molecule has 1 saturated heterocycles. The molecule has 1 atom stereocenters. The van der Waals surface area contributed by atoms with E-state index in [1.165, 1.54) is 5.56 Å². The zero-order valence-corrected chi connectivity index (χ0v) is 16.3. The molecule has 0 saturated carbocycles.